The van der Waals surface area contributed by atoms with Gasteiger partial charge in [-0.1, -0.05) is 23.4 Å². The molecule has 0 saturated carbocycles. The summed E-state index contributed by atoms with van der Waals surface area (Å²) in [5, 5.41) is 11.4. The molecule has 2 nitrogen and oxygen atoms in total. The SMILES string of the molecule is ON=C1C=CC(=CCCl)C=C1. The fraction of sp³-hybridized carbons (Fsp3) is 0.125. The quantitative estimate of drug-likeness (QED) is 0.364. The Kier molecular flexibility index (Phi) is 2.93. The first kappa shape index (κ1) is 8.08. The van der Waals surface area contributed by atoms with E-state index in [1.165, 1.54) is 0 Å². The van der Waals surface area contributed by atoms with Gasteiger partial charge in [-0.15, -0.1) is 11.6 Å². The number of hydrogen-bond donors (Lipinski definition) is 1. The summed E-state index contributed by atoms with van der Waals surface area (Å²) in [4.78, 5) is 0. The van der Waals surface area contributed by atoms with Crippen molar-refractivity contribution in [2.45, 2.75) is 0 Å². The number of oxime groups is 1. The van der Waals surface area contributed by atoms with E-state index in [-0.39, 0.29) is 0 Å². The number of hydrogen-bond acceptors (Lipinski definition) is 2. The van der Waals surface area contributed by atoms with Crippen molar-refractivity contribution in [2.75, 3.05) is 5.88 Å². The van der Waals surface area contributed by atoms with Crippen LogP contribution in [-0.4, -0.2) is 16.8 Å². The molecule has 0 fully saturated rings. The highest BCUT2D eigenvalue weighted by Crippen LogP contribution is 2.06. The fourth-order valence-electron chi connectivity index (χ4n) is 0.766. The molecule has 0 amide bonds. The Bertz CT molecular complexity index is 233. The second kappa shape index (κ2) is 3.98. The Morgan fingerprint density at radius 2 is 2.00 bits per heavy atom. The normalized spacial score (nSPS) is 15.4. The highest BCUT2D eigenvalue weighted by Gasteiger charge is 1.95. The lowest BCUT2D eigenvalue weighted by Gasteiger charge is -1.98. The zero-order chi connectivity index (χ0) is 8.10. The molecule has 0 unspecified atom stereocenters. The molecule has 0 aromatic rings. The number of rotatable bonds is 1. The minimum Gasteiger partial charge on any atom is -0.410 e. The van der Waals surface area contributed by atoms with Crippen molar-refractivity contribution in [3.05, 3.63) is 36.0 Å². The first-order valence-electron chi connectivity index (χ1n) is 3.21. The number of nitrogens with zero attached hydrogens (tertiary/aromatic N) is 1. The van der Waals surface area contributed by atoms with Crippen LogP contribution in [0.1, 0.15) is 0 Å². The van der Waals surface area contributed by atoms with Crippen LogP contribution in [0, 0.1) is 0 Å². The molecule has 0 aliphatic heterocycles. The summed E-state index contributed by atoms with van der Waals surface area (Å²) < 4.78 is 0. The van der Waals surface area contributed by atoms with Gasteiger partial charge in [0.2, 0.25) is 0 Å². The first-order valence-corrected chi connectivity index (χ1v) is 3.74. The van der Waals surface area contributed by atoms with Crippen molar-refractivity contribution in [3.63, 3.8) is 0 Å². The Hall–Kier alpha value is -1.02. The summed E-state index contributed by atoms with van der Waals surface area (Å²) >= 11 is 5.48. The van der Waals surface area contributed by atoms with Crippen molar-refractivity contribution in [2.24, 2.45) is 5.16 Å². The van der Waals surface area contributed by atoms with Gasteiger partial charge in [-0.3, -0.25) is 0 Å². The zero-order valence-corrected chi connectivity index (χ0v) is 6.62. The highest BCUT2D eigenvalue weighted by molar-refractivity contribution is 6.19. The van der Waals surface area contributed by atoms with Gasteiger partial charge in [0.25, 0.3) is 0 Å². The van der Waals surface area contributed by atoms with E-state index < -0.39 is 0 Å². The molecule has 58 valence electrons. The van der Waals surface area contributed by atoms with Gasteiger partial charge < -0.3 is 5.21 Å². The molecule has 1 N–H and O–H groups in total. The first-order chi connectivity index (χ1) is 5.36. The van der Waals surface area contributed by atoms with Gasteiger partial charge in [-0.2, -0.15) is 0 Å². The monoisotopic (exact) mass is 169 g/mol. The smallest absolute Gasteiger partial charge is 0.102 e. The highest BCUT2D eigenvalue weighted by atomic mass is 35.5. The van der Waals surface area contributed by atoms with E-state index in [2.05, 4.69) is 5.16 Å². The van der Waals surface area contributed by atoms with Gasteiger partial charge in [0.05, 0.1) is 0 Å². The van der Waals surface area contributed by atoms with Crippen LogP contribution in [0.5, 0.6) is 0 Å². The summed E-state index contributed by atoms with van der Waals surface area (Å²) in [6, 6.07) is 0. The molecule has 11 heavy (non-hydrogen) atoms. The van der Waals surface area contributed by atoms with Crippen LogP contribution in [0.15, 0.2) is 41.1 Å². The Balaban J connectivity index is 2.72. The lowest BCUT2D eigenvalue weighted by atomic mass is 10.1. The third-order valence-corrected chi connectivity index (χ3v) is 1.48. The Labute approximate surface area is 70.2 Å². The molecule has 0 radical (unpaired) electrons. The molecule has 0 atom stereocenters. The molecule has 0 heterocycles. The van der Waals surface area contributed by atoms with E-state index in [9.17, 15) is 0 Å². The van der Waals surface area contributed by atoms with Gasteiger partial charge in [0.15, 0.2) is 0 Å². The Morgan fingerprint density at radius 1 is 1.36 bits per heavy atom. The molecule has 0 bridgehead atoms. The van der Waals surface area contributed by atoms with Gasteiger partial charge in [-0.25, -0.2) is 0 Å². The van der Waals surface area contributed by atoms with Crippen LogP contribution in [-0.2, 0) is 0 Å². The second-order valence-corrected chi connectivity index (χ2v) is 2.36. The van der Waals surface area contributed by atoms with Gasteiger partial charge in [0.1, 0.15) is 5.71 Å². The maximum Gasteiger partial charge on any atom is 0.102 e. The van der Waals surface area contributed by atoms with E-state index in [1.807, 2.05) is 18.2 Å². The summed E-state index contributed by atoms with van der Waals surface area (Å²) in [7, 11) is 0. The summed E-state index contributed by atoms with van der Waals surface area (Å²) in [5.41, 5.74) is 1.59. The van der Waals surface area contributed by atoms with E-state index in [4.69, 9.17) is 16.8 Å². The topological polar surface area (TPSA) is 32.6 Å². The predicted molar refractivity (Wildman–Crippen MR) is 46.3 cm³/mol. The molecule has 0 aromatic heterocycles. The van der Waals surface area contributed by atoms with Crippen molar-refractivity contribution >= 4 is 17.3 Å². The molecule has 0 spiro atoms. The lowest BCUT2D eigenvalue weighted by molar-refractivity contribution is 0.320. The average molecular weight is 170 g/mol. The van der Waals surface area contributed by atoms with Crippen molar-refractivity contribution in [1.82, 2.24) is 0 Å². The van der Waals surface area contributed by atoms with Crippen LogP contribution in [0.2, 0.25) is 0 Å². The average Bonchev–Trinajstić information content (AvgIpc) is 2.07. The van der Waals surface area contributed by atoms with Crippen molar-refractivity contribution in [3.8, 4) is 0 Å². The number of halogens is 1. The van der Waals surface area contributed by atoms with Crippen LogP contribution in [0.3, 0.4) is 0 Å². The Morgan fingerprint density at radius 3 is 2.45 bits per heavy atom. The fourth-order valence-corrected chi connectivity index (χ4v) is 0.944. The molecule has 1 rings (SSSR count). The van der Waals surface area contributed by atoms with Crippen LogP contribution < -0.4 is 0 Å². The van der Waals surface area contributed by atoms with Crippen LogP contribution >= 0.6 is 11.6 Å². The minimum absolute atomic E-state index is 0.496. The molecule has 3 heteroatoms. The van der Waals surface area contributed by atoms with E-state index in [0.29, 0.717) is 11.6 Å². The van der Waals surface area contributed by atoms with Gasteiger partial charge >= 0.3 is 0 Å². The van der Waals surface area contributed by atoms with Gasteiger partial charge in [0, 0.05) is 5.88 Å². The standard InChI is InChI=1S/C8H8ClNO/c9-6-5-7-1-3-8(10-11)4-2-7/h1-5,11H,6H2. The lowest BCUT2D eigenvalue weighted by Crippen LogP contribution is -1.92. The molecular formula is C8H8ClNO. The second-order valence-electron chi connectivity index (χ2n) is 2.05. The molecule has 1 aliphatic carbocycles. The molecule has 0 saturated heterocycles. The number of alkyl halides is 1. The van der Waals surface area contributed by atoms with Gasteiger partial charge in [-0.05, 0) is 17.7 Å². The maximum absolute atomic E-state index is 8.35. The van der Waals surface area contributed by atoms with E-state index in [1.54, 1.807) is 12.2 Å². The summed E-state index contributed by atoms with van der Waals surface area (Å²) in [6.45, 7) is 0. The van der Waals surface area contributed by atoms with E-state index in [0.717, 1.165) is 5.57 Å². The molecule has 0 aromatic carbocycles. The molecular weight excluding hydrogens is 162 g/mol. The maximum atomic E-state index is 8.35. The number of allylic oxidation sites excluding steroid dienone is 6. The van der Waals surface area contributed by atoms with Crippen LogP contribution in [0.25, 0.3) is 0 Å². The van der Waals surface area contributed by atoms with Crippen LogP contribution in [0.4, 0.5) is 0 Å². The van der Waals surface area contributed by atoms with Crippen molar-refractivity contribution in [1.29, 1.82) is 0 Å². The van der Waals surface area contributed by atoms with E-state index >= 15 is 0 Å². The molecule has 1 aliphatic rings. The van der Waals surface area contributed by atoms with Crippen molar-refractivity contribution < 1.29 is 5.21 Å². The summed E-state index contributed by atoms with van der Waals surface area (Å²) in [6.07, 6.45) is 9.01. The summed E-state index contributed by atoms with van der Waals surface area (Å²) in [5.74, 6) is 0.496. The third kappa shape index (κ3) is 2.24. The predicted octanol–water partition coefficient (Wildman–Crippen LogP) is 2.11. The zero-order valence-electron chi connectivity index (χ0n) is 5.87. The largest absolute Gasteiger partial charge is 0.410 e. The minimum atomic E-state index is 0.496. The third-order valence-electron chi connectivity index (χ3n) is 1.32.